The Hall–Kier alpha value is -1.91. The number of nitrogens with one attached hydrogen (secondary N) is 1. The van der Waals surface area contributed by atoms with Crippen LogP contribution in [0.25, 0.3) is 11.0 Å². The topological polar surface area (TPSA) is 59.8 Å². The summed E-state index contributed by atoms with van der Waals surface area (Å²) in [4.78, 5) is 12.7. The molecule has 1 heterocycles. The fourth-order valence-corrected chi connectivity index (χ4v) is 5.38. The molecule has 0 unspecified atom stereocenters. The number of nitrogens with zero attached hydrogens (tertiary/aromatic N) is 3. The molecule has 4 fully saturated rings. The zero-order chi connectivity index (χ0) is 14.7. The van der Waals surface area contributed by atoms with Gasteiger partial charge in [-0.1, -0.05) is 17.3 Å². The van der Waals surface area contributed by atoms with E-state index in [1.807, 2.05) is 24.3 Å². The normalized spacial score (nSPS) is 35.9. The molecular weight excluding hydrogens is 276 g/mol. The average Bonchev–Trinajstić information content (AvgIpc) is 2.94. The number of carbonyl (C=O) groups is 1. The molecule has 2 aromatic rings. The lowest BCUT2D eigenvalue weighted by Crippen LogP contribution is -2.56. The highest BCUT2D eigenvalue weighted by molar-refractivity contribution is 5.87. The lowest BCUT2D eigenvalue weighted by molar-refractivity contribution is -0.00944. The van der Waals surface area contributed by atoms with Gasteiger partial charge in [-0.05, 0) is 67.9 Å². The summed E-state index contributed by atoms with van der Waals surface area (Å²) in [5, 5.41) is 11.4. The monoisotopic (exact) mass is 296 g/mol. The summed E-state index contributed by atoms with van der Waals surface area (Å²) in [6.07, 6.45) is 6.64. The van der Waals surface area contributed by atoms with Crippen LogP contribution in [0.5, 0.6) is 0 Å². The second kappa shape index (κ2) is 4.54. The molecule has 1 aromatic carbocycles. The van der Waals surface area contributed by atoms with E-state index in [1.54, 1.807) is 0 Å². The fourth-order valence-electron chi connectivity index (χ4n) is 5.38. The first-order valence-corrected chi connectivity index (χ1v) is 8.39. The van der Waals surface area contributed by atoms with Crippen LogP contribution in [0.3, 0.4) is 0 Å². The van der Waals surface area contributed by atoms with Crippen molar-refractivity contribution in [2.45, 2.75) is 38.1 Å². The second-order valence-corrected chi connectivity index (χ2v) is 7.40. The minimum atomic E-state index is -0.119. The molecule has 114 valence electrons. The van der Waals surface area contributed by atoms with Gasteiger partial charge in [0.05, 0.1) is 5.52 Å². The maximum atomic E-state index is 12.7. The van der Waals surface area contributed by atoms with Crippen molar-refractivity contribution in [1.82, 2.24) is 20.3 Å². The summed E-state index contributed by atoms with van der Waals surface area (Å²) < 4.78 is 1.42. The molecule has 4 bridgehead atoms. The summed E-state index contributed by atoms with van der Waals surface area (Å²) in [5.41, 5.74) is 1.55. The van der Waals surface area contributed by atoms with Crippen LogP contribution in [0.2, 0.25) is 0 Å². The second-order valence-electron chi connectivity index (χ2n) is 7.40. The number of carbonyl (C=O) groups excluding carboxylic acids is 1. The average molecular weight is 296 g/mol. The van der Waals surface area contributed by atoms with Gasteiger partial charge in [0.2, 0.25) is 0 Å². The molecule has 5 heteroatoms. The quantitative estimate of drug-likeness (QED) is 0.880. The first-order chi connectivity index (χ1) is 10.8. The Morgan fingerprint density at radius 2 is 1.73 bits per heavy atom. The number of fused-ring (bicyclic) bond motifs is 1. The van der Waals surface area contributed by atoms with Crippen LogP contribution >= 0.6 is 0 Å². The number of hydrogen-bond donors (Lipinski definition) is 1. The summed E-state index contributed by atoms with van der Waals surface area (Å²) in [6, 6.07) is 7.82. The molecule has 1 N–H and O–H groups in total. The van der Waals surface area contributed by atoms with Gasteiger partial charge in [0.1, 0.15) is 5.52 Å². The van der Waals surface area contributed by atoms with Gasteiger partial charge < -0.3 is 5.32 Å². The van der Waals surface area contributed by atoms with Crippen LogP contribution in [-0.4, -0.2) is 27.1 Å². The Morgan fingerprint density at radius 3 is 2.45 bits per heavy atom. The number of benzene rings is 1. The number of amides is 1. The molecule has 1 amide bonds. The van der Waals surface area contributed by atoms with Crippen molar-refractivity contribution in [3.8, 4) is 0 Å². The van der Waals surface area contributed by atoms with E-state index in [9.17, 15) is 4.79 Å². The molecule has 6 rings (SSSR count). The number of hydrogen-bond acceptors (Lipinski definition) is 3. The summed E-state index contributed by atoms with van der Waals surface area (Å²) in [6.45, 7) is 0. The molecule has 0 spiro atoms. The molecule has 5 nitrogen and oxygen atoms in total. The Bertz CT molecular complexity index is 709. The predicted molar refractivity (Wildman–Crippen MR) is 82.3 cm³/mol. The van der Waals surface area contributed by atoms with Gasteiger partial charge in [-0.3, -0.25) is 0 Å². The number of aromatic nitrogens is 3. The van der Waals surface area contributed by atoms with E-state index in [0.717, 1.165) is 22.9 Å². The van der Waals surface area contributed by atoms with E-state index < -0.39 is 0 Å². The third kappa shape index (κ3) is 1.81. The van der Waals surface area contributed by atoms with Crippen molar-refractivity contribution in [1.29, 1.82) is 0 Å². The molecule has 4 saturated carbocycles. The van der Waals surface area contributed by atoms with E-state index in [0.29, 0.717) is 17.9 Å². The highest BCUT2D eigenvalue weighted by atomic mass is 16.2. The molecule has 4 aliphatic carbocycles. The highest BCUT2D eigenvalue weighted by Gasteiger charge is 2.48. The zero-order valence-electron chi connectivity index (χ0n) is 12.5. The minimum absolute atomic E-state index is 0.119. The lowest BCUT2D eigenvalue weighted by atomic mass is 9.54. The largest absolute Gasteiger partial charge is 0.344 e. The Balaban J connectivity index is 1.41. The van der Waals surface area contributed by atoms with Gasteiger partial charge in [0, 0.05) is 6.04 Å². The van der Waals surface area contributed by atoms with Gasteiger partial charge in [0.15, 0.2) is 0 Å². The van der Waals surface area contributed by atoms with Crippen LogP contribution in [0.1, 0.15) is 32.1 Å². The summed E-state index contributed by atoms with van der Waals surface area (Å²) >= 11 is 0. The van der Waals surface area contributed by atoms with Crippen molar-refractivity contribution in [2.75, 3.05) is 0 Å². The highest BCUT2D eigenvalue weighted by Crippen LogP contribution is 2.53. The predicted octanol–water partition coefficient (Wildman–Crippen LogP) is 2.81. The van der Waals surface area contributed by atoms with E-state index in [-0.39, 0.29) is 6.03 Å². The van der Waals surface area contributed by atoms with Crippen LogP contribution in [-0.2, 0) is 0 Å². The Labute approximate surface area is 129 Å². The molecule has 22 heavy (non-hydrogen) atoms. The van der Waals surface area contributed by atoms with Crippen LogP contribution < -0.4 is 5.32 Å². The van der Waals surface area contributed by atoms with Crippen LogP contribution in [0.4, 0.5) is 4.79 Å². The number of para-hydroxylation sites is 1. The standard InChI is InChI=1S/C17H20N4O/c22-17(21-15-4-2-1-3-14(15)19-20-21)18-16-12-6-10-5-11(8-12)9-13(16)7-10/h1-4,10-13,16H,5-9H2,(H,18,22). The third-order valence-corrected chi connectivity index (χ3v) is 6.06. The minimum Gasteiger partial charge on any atom is -0.333 e. The molecule has 0 atom stereocenters. The van der Waals surface area contributed by atoms with E-state index >= 15 is 0 Å². The Kier molecular flexibility index (Phi) is 2.60. The molecule has 0 saturated heterocycles. The molecule has 1 aromatic heterocycles. The smallest absolute Gasteiger partial charge is 0.333 e. The van der Waals surface area contributed by atoms with Crippen molar-refractivity contribution < 1.29 is 4.79 Å². The molecule has 0 radical (unpaired) electrons. The molecule has 4 aliphatic rings. The van der Waals surface area contributed by atoms with Crippen LogP contribution in [0.15, 0.2) is 24.3 Å². The maximum Gasteiger partial charge on any atom is 0.344 e. The summed E-state index contributed by atoms with van der Waals surface area (Å²) in [7, 11) is 0. The van der Waals surface area contributed by atoms with Gasteiger partial charge in [-0.15, -0.1) is 5.10 Å². The van der Waals surface area contributed by atoms with Gasteiger partial charge in [-0.2, -0.15) is 4.68 Å². The van der Waals surface area contributed by atoms with Gasteiger partial charge >= 0.3 is 6.03 Å². The zero-order valence-corrected chi connectivity index (χ0v) is 12.5. The van der Waals surface area contributed by atoms with Crippen molar-refractivity contribution >= 4 is 17.1 Å². The van der Waals surface area contributed by atoms with E-state index in [4.69, 9.17) is 0 Å². The fraction of sp³-hybridized carbons (Fsp3) is 0.588. The Morgan fingerprint density at radius 1 is 1.05 bits per heavy atom. The SMILES string of the molecule is O=C(NC1C2CC3CC(C2)CC1C3)n1nnc2ccccc21. The van der Waals surface area contributed by atoms with Crippen molar-refractivity contribution in [3.05, 3.63) is 24.3 Å². The summed E-state index contributed by atoms with van der Waals surface area (Å²) in [5.74, 6) is 3.19. The number of rotatable bonds is 1. The molecular formula is C17H20N4O. The molecule has 0 aliphatic heterocycles. The first-order valence-electron chi connectivity index (χ1n) is 8.39. The first kappa shape index (κ1) is 12.6. The lowest BCUT2D eigenvalue weighted by Gasteiger charge is -2.54. The van der Waals surface area contributed by atoms with Gasteiger partial charge in [0.25, 0.3) is 0 Å². The van der Waals surface area contributed by atoms with E-state index in [1.165, 1.54) is 36.8 Å². The van der Waals surface area contributed by atoms with Crippen molar-refractivity contribution in [2.24, 2.45) is 23.7 Å². The van der Waals surface area contributed by atoms with Crippen molar-refractivity contribution in [3.63, 3.8) is 0 Å². The van der Waals surface area contributed by atoms with E-state index in [2.05, 4.69) is 15.6 Å². The third-order valence-electron chi connectivity index (χ3n) is 6.06. The maximum absolute atomic E-state index is 12.7. The van der Waals surface area contributed by atoms with Gasteiger partial charge in [-0.25, -0.2) is 4.79 Å². The van der Waals surface area contributed by atoms with Crippen LogP contribution in [0, 0.1) is 23.7 Å².